The molecule has 1 fully saturated rings. The van der Waals surface area contributed by atoms with Crippen molar-refractivity contribution in [1.29, 1.82) is 0 Å². The fourth-order valence-corrected chi connectivity index (χ4v) is 4.69. The Kier molecular flexibility index (Phi) is 7.92. The number of aryl methyl sites for hydroxylation is 1. The molecule has 0 nitrogen and oxygen atoms in total. The van der Waals surface area contributed by atoms with Gasteiger partial charge in [0.25, 0.3) is 0 Å². The van der Waals surface area contributed by atoms with Gasteiger partial charge in [-0.05, 0) is 83.8 Å². The lowest BCUT2D eigenvalue weighted by Gasteiger charge is -2.32. The normalized spacial score (nSPS) is 18.3. The van der Waals surface area contributed by atoms with Gasteiger partial charge in [0.05, 0.1) is 0 Å². The summed E-state index contributed by atoms with van der Waals surface area (Å²) in [6, 6.07) is 16.0. The van der Waals surface area contributed by atoms with Crippen LogP contribution in [0, 0.1) is 11.8 Å². The summed E-state index contributed by atoms with van der Waals surface area (Å²) in [6.45, 7) is 13.1. The van der Waals surface area contributed by atoms with E-state index in [-0.39, 0.29) is 0 Å². The number of hydrogen-bond acceptors (Lipinski definition) is 0. The summed E-state index contributed by atoms with van der Waals surface area (Å²) < 4.78 is 0. The zero-order chi connectivity index (χ0) is 20.6. The van der Waals surface area contributed by atoms with Crippen LogP contribution >= 0.6 is 0 Å². The zero-order valence-electron chi connectivity index (χ0n) is 18.6. The second-order valence-corrected chi connectivity index (χ2v) is 9.17. The first-order valence-corrected chi connectivity index (χ1v) is 11.6. The van der Waals surface area contributed by atoms with E-state index < -0.39 is 0 Å². The lowest BCUT2D eigenvalue weighted by molar-refractivity contribution is 0.211. The van der Waals surface area contributed by atoms with Gasteiger partial charge in [-0.25, -0.2) is 0 Å². The minimum absolute atomic E-state index is 0.879. The van der Waals surface area contributed by atoms with Crippen molar-refractivity contribution in [2.45, 2.75) is 71.6 Å². The maximum atomic E-state index is 4.38. The Morgan fingerprint density at radius 2 is 1.72 bits per heavy atom. The molecule has 0 atom stereocenters. The van der Waals surface area contributed by atoms with Crippen molar-refractivity contribution in [3.8, 4) is 0 Å². The van der Waals surface area contributed by atoms with Crippen molar-refractivity contribution in [1.82, 2.24) is 0 Å². The molecular weight excluding hydrogens is 348 g/mol. The molecule has 1 saturated carbocycles. The van der Waals surface area contributed by atoms with Crippen molar-refractivity contribution < 1.29 is 0 Å². The van der Waals surface area contributed by atoms with Crippen molar-refractivity contribution >= 4 is 11.6 Å². The van der Waals surface area contributed by atoms with Gasteiger partial charge in [0.1, 0.15) is 0 Å². The Morgan fingerprint density at radius 1 is 1.00 bits per heavy atom. The van der Waals surface area contributed by atoms with E-state index in [2.05, 4.69) is 69.5 Å². The SMILES string of the molecule is C=Cc1cc(CC2CC(C)C2)ccc1CC(=C)c1ccc(CCCCCC)cc1. The summed E-state index contributed by atoms with van der Waals surface area (Å²) in [5.41, 5.74) is 7.94. The molecule has 29 heavy (non-hydrogen) atoms. The molecule has 0 heteroatoms. The highest BCUT2D eigenvalue weighted by atomic mass is 14.3. The largest absolute Gasteiger partial charge is 0.0985 e. The van der Waals surface area contributed by atoms with Crippen molar-refractivity contribution in [3.05, 3.63) is 83.4 Å². The molecule has 0 spiro atoms. The van der Waals surface area contributed by atoms with Crippen LogP contribution in [0.2, 0.25) is 0 Å². The summed E-state index contributed by atoms with van der Waals surface area (Å²) in [4.78, 5) is 0. The van der Waals surface area contributed by atoms with Gasteiger partial charge in [-0.1, -0.05) is 94.8 Å². The standard InChI is InChI=1S/C29H38/c1-5-7-8-9-10-24-11-14-28(15-12-24)23(4)19-29-16-13-25(21-27(29)6-2)20-26-17-22(3)18-26/h6,11-16,21-22,26H,2,4-5,7-10,17-20H2,1,3H3. The first-order chi connectivity index (χ1) is 14.1. The quantitative estimate of drug-likeness (QED) is 0.341. The lowest BCUT2D eigenvalue weighted by atomic mass is 9.73. The molecule has 0 bridgehead atoms. The molecule has 0 unspecified atom stereocenters. The second kappa shape index (κ2) is 10.6. The second-order valence-electron chi connectivity index (χ2n) is 9.17. The Bertz CT molecular complexity index is 802. The molecule has 0 aromatic heterocycles. The maximum Gasteiger partial charge on any atom is -0.00198 e. The van der Waals surface area contributed by atoms with E-state index in [4.69, 9.17) is 0 Å². The smallest absolute Gasteiger partial charge is 0.00198 e. The first kappa shape index (κ1) is 21.6. The van der Waals surface area contributed by atoms with Gasteiger partial charge in [0, 0.05) is 0 Å². The van der Waals surface area contributed by atoms with Crippen molar-refractivity contribution in [2.75, 3.05) is 0 Å². The topological polar surface area (TPSA) is 0 Å². The van der Waals surface area contributed by atoms with Gasteiger partial charge < -0.3 is 0 Å². The van der Waals surface area contributed by atoms with E-state index in [9.17, 15) is 0 Å². The summed E-state index contributed by atoms with van der Waals surface area (Å²) >= 11 is 0. The molecule has 0 amide bonds. The Morgan fingerprint density at radius 3 is 2.38 bits per heavy atom. The lowest BCUT2D eigenvalue weighted by Crippen LogP contribution is -2.22. The van der Waals surface area contributed by atoms with Gasteiger partial charge in [-0.3, -0.25) is 0 Å². The van der Waals surface area contributed by atoms with E-state index in [0.717, 1.165) is 18.3 Å². The molecule has 0 heterocycles. The van der Waals surface area contributed by atoms with Crippen LogP contribution in [-0.4, -0.2) is 0 Å². The highest BCUT2D eigenvalue weighted by Gasteiger charge is 2.25. The van der Waals surface area contributed by atoms with E-state index in [1.807, 2.05) is 6.08 Å². The Balaban J connectivity index is 1.58. The molecule has 0 N–H and O–H groups in total. The van der Waals surface area contributed by atoms with E-state index in [1.165, 1.54) is 84.8 Å². The number of benzene rings is 2. The molecule has 154 valence electrons. The van der Waals surface area contributed by atoms with Gasteiger partial charge in [-0.15, -0.1) is 0 Å². The number of hydrogen-bond donors (Lipinski definition) is 0. The third-order valence-electron chi connectivity index (χ3n) is 6.51. The molecule has 2 aromatic rings. The van der Waals surface area contributed by atoms with Crippen LogP contribution in [0.15, 0.2) is 55.6 Å². The van der Waals surface area contributed by atoms with Gasteiger partial charge >= 0.3 is 0 Å². The summed E-state index contributed by atoms with van der Waals surface area (Å²) in [5, 5.41) is 0. The number of allylic oxidation sites excluding steroid dienone is 1. The average Bonchev–Trinajstić information content (AvgIpc) is 2.71. The minimum Gasteiger partial charge on any atom is -0.0985 e. The Labute approximate surface area is 178 Å². The van der Waals surface area contributed by atoms with Crippen molar-refractivity contribution in [3.63, 3.8) is 0 Å². The van der Waals surface area contributed by atoms with Crippen LogP contribution in [0.1, 0.15) is 80.2 Å². The summed E-state index contributed by atoms with van der Waals surface area (Å²) in [5.74, 6) is 1.80. The monoisotopic (exact) mass is 386 g/mol. The highest BCUT2D eigenvalue weighted by molar-refractivity contribution is 5.68. The van der Waals surface area contributed by atoms with Crippen LogP contribution in [0.4, 0.5) is 0 Å². The molecule has 1 aliphatic carbocycles. The molecule has 1 aliphatic rings. The molecule has 0 saturated heterocycles. The van der Waals surface area contributed by atoms with E-state index in [0.29, 0.717) is 0 Å². The molecule has 2 aromatic carbocycles. The van der Waals surface area contributed by atoms with Crippen LogP contribution in [0.25, 0.3) is 11.6 Å². The van der Waals surface area contributed by atoms with Gasteiger partial charge in [0.15, 0.2) is 0 Å². The molecule has 0 radical (unpaired) electrons. The third-order valence-corrected chi connectivity index (χ3v) is 6.51. The molecule has 0 aliphatic heterocycles. The van der Waals surface area contributed by atoms with Gasteiger partial charge in [0.2, 0.25) is 0 Å². The minimum atomic E-state index is 0.879. The maximum absolute atomic E-state index is 4.38. The van der Waals surface area contributed by atoms with Crippen LogP contribution in [0.5, 0.6) is 0 Å². The van der Waals surface area contributed by atoms with Crippen LogP contribution in [-0.2, 0) is 19.3 Å². The van der Waals surface area contributed by atoms with E-state index >= 15 is 0 Å². The number of unbranched alkanes of at least 4 members (excludes halogenated alkanes) is 3. The Hall–Kier alpha value is -2.08. The highest BCUT2D eigenvalue weighted by Crippen LogP contribution is 2.36. The zero-order valence-corrected chi connectivity index (χ0v) is 18.6. The number of rotatable bonds is 11. The van der Waals surface area contributed by atoms with Gasteiger partial charge in [-0.2, -0.15) is 0 Å². The average molecular weight is 387 g/mol. The van der Waals surface area contributed by atoms with Crippen LogP contribution in [0.3, 0.4) is 0 Å². The predicted molar refractivity (Wildman–Crippen MR) is 129 cm³/mol. The molecule has 3 rings (SSSR count). The fraction of sp³-hybridized carbons (Fsp3) is 0.448. The predicted octanol–water partition coefficient (Wildman–Crippen LogP) is 8.30. The first-order valence-electron chi connectivity index (χ1n) is 11.6. The van der Waals surface area contributed by atoms with E-state index in [1.54, 1.807) is 0 Å². The summed E-state index contributed by atoms with van der Waals surface area (Å²) in [7, 11) is 0. The fourth-order valence-electron chi connectivity index (χ4n) is 4.69. The summed E-state index contributed by atoms with van der Waals surface area (Å²) in [6.07, 6.45) is 13.3. The third kappa shape index (κ3) is 6.20. The van der Waals surface area contributed by atoms with Crippen molar-refractivity contribution in [2.24, 2.45) is 11.8 Å². The van der Waals surface area contributed by atoms with Crippen LogP contribution < -0.4 is 0 Å². The molecular formula is C29H38.